The molecule has 1 fully saturated rings. The third kappa shape index (κ3) is 4.22. The summed E-state index contributed by atoms with van der Waals surface area (Å²) >= 11 is 0. The Bertz CT molecular complexity index is 967. The van der Waals surface area contributed by atoms with Gasteiger partial charge in [0, 0.05) is 6.20 Å². The summed E-state index contributed by atoms with van der Waals surface area (Å²) in [4.78, 5) is 17.8. The molecular formula is C21H23N5O. The zero-order chi connectivity index (χ0) is 18.5. The highest BCUT2D eigenvalue weighted by Crippen LogP contribution is 2.19. The molecule has 6 nitrogen and oxygen atoms in total. The van der Waals surface area contributed by atoms with Crippen LogP contribution in [0.1, 0.15) is 48.2 Å². The number of carbonyl (C=O) groups is 1. The van der Waals surface area contributed by atoms with E-state index in [0.29, 0.717) is 23.8 Å². The Morgan fingerprint density at radius 1 is 1.04 bits per heavy atom. The fourth-order valence-corrected chi connectivity index (χ4v) is 3.48. The summed E-state index contributed by atoms with van der Waals surface area (Å²) in [6, 6.07) is 15.9. The van der Waals surface area contributed by atoms with Crippen LogP contribution in [0.4, 0.5) is 0 Å². The minimum absolute atomic E-state index is 0.204. The number of aromatic nitrogens is 4. The van der Waals surface area contributed by atoms with Crippen LogP contribution in [0.25, 0.3) is 0 Å². The first kappa shape index (κ1) is 17.4. The predicted molar refractivity (Wildman–Crippen MR) is 102 cm³/mol. The fourth-order valence-electron chi connectivity index (χ4n) is 3.48. The first-order chi connectivity index (χ1) is 13.3. The molecule has 0 amide bonds. The van der Waals surface area contributed by atoms with Gasteiger partial charge in [-0.1, -0.05) is 60.9 Å². The summed E-state index contributed by atoms with van der Waals surface area (Å²) in [6.45, 7) is 0.583. The van der Waals surface area contributed by atoms with Crippen LogP contribution in [-0.4, -0.2) is 31.5 Å². The average molecular weight is 361 g/mol. The van der Waals surface area contributed by atoms with Crippen LogP contribution in [0.5, 0.6) is 0 Å². The molecule has 138 valence electrons. The van der Waals surface area contributed by atoms with Crippen molar-refractivity contribution in [3.63, 3.8) is 0 Å². The van der Waals surface area contributed by atoms with Gasteiger partial charge in [0.05, 0.1) is 18.8 Å². The van der Waals surface area contributed by atoms with Crippen molar-refractivity contribution in [1.82, 2.24) is 19.6 Å². The van der Waals surface area contributed by atoms with Crippen LogP contribution in [0, 0.1) is 0 Å². The van der Waals surface area contributed by atoms with Gasteiger partial charge in [-0.2, -0.15) is 0 Å². The third-order valence-electron chi connectivity index (χ3n) is 4.89. The second-order valence-corrected chi connectivity index (χ2v) is 6.94. The Morgan fingerprint density at radius 3 is 2.63 bits per heavy atom. The minimum Gasteiger partial charge on any atom is -0.266 e. The van der Waals surface area contributed by atoms with Crippen LogP contribution in [0.3, 0.4) is 0 Å². The van der Waals surface area contributed by atoms with E-state index in [1.165, 1.54) is 19.3 Å². The molecule has 1 saturated carbocycles. The average Bonchev–Trinajstić information content (AvgIpc) is 3.18. The van der Waals surface area contributed by atoms with Crippen molar-refractivity contribution in [2.75, 3.05) is 0 Å². The van der Waals surface area contributed by atoms with Crippen molar-refractivity contribution in [1.29, 1.82) is 0 Å². The maximum absolute atomic E-state index is 13.0. The molecule has 1 aliphatic carbocycles. The molecule has 0 saturated heterocycles. The lowest BCUT2D eigenvalue weighted by atomic mass is 9.96. The summed E-state index contributed by atoms with van der Waals surface area (Å²) in [6.07, 6.45) is 9.34. The molecule has 2 heterocycles. The van der Waals surface area contributed by atoms with Gasteiger partial charge in [-0.3, -0.25) is 14.4 Å². The normalized spacial score (nSPS) is 15.8. The smallest absolute Gasteiger partial charge is 0.266 e. The lowest BCUT2D eigenvalue weighted by molar-refractivity contribution is 0.0949. The molecule has 0 N–H and O–H groups in total. The molecule has 6 heteroatoms. The highest BCUT2D eigenvalue weighted by molar-refractivity contribution is 5.93. The maximum Gasteiger partial charge on any atom is 0.285 e. The minimum atomic E-state index is -0.204. The van der Waals surface area contributed by atoms with Gasteiger partial charge in [0.2, 0.25) is 0 Å². The summed E-state index contributed by atoms with van der Waals surface area (Å²) in [5.74, 6) is -0.204. The summed E-state index contributed by atoms with van der Waals surface area (Å²) in [7, 11) is 0. The molecule has 27 heavy (non-hydrogen) atoms. The molecule has 3 aromatic rings. The van der Waals surface area contributed by atoms with E-state index in [0.717, 1.165) is 18.4 Å². The molecule has 2 aromatic heterocycles. The van der Waals surface area contributed by atoms with Gasteiger partial charge in [-0.05, 0) is 30.5 Å². The van der Waals surface area contributed by atoms with Gasteiger partial charge in [0.15, 0.2) is 5.69 Å². The van der Waals surface area contributed by atoms with E-state index in [1.807, 2.05) is 48.5 Å². The Balaban J connectivity index is 1.57. The number of rotatable bonds is 4. The van der Waals surface area contributed by atoms with Crippen LogP contribution in [0.2, 0.25) is 0 Å². The van der Waals surface area contributed by atoms with E-state index in [-0.39, 0.29) is 5.91 Å². The van der Waals surface area contributed by atoms with Crippen molar-refractivity contribution in [2.24, 2.45) is 4.99 Å². The lowest BCUT2D eigenvalue weighted by Crippen LogP contribution is -2.29. The van der Waals surface area contributed by atoms with Crippen LogP contribution >= 0.6 is 0 Å². The molecule has 0 atom stereocenters. The first-order valence-corrected chi connectivity index (χ1v) is 9.50. The Labute approximate surface area is 158 Å². The number of benzene rings is 1. The number of nitrogens with zero attached hydrogens (tertiary/aromatic N) is 5. The second-order valence-electron chi connectivity index (χ2n) is 6.94. The number of pyridine rings is 1. The monoisotopic (exact) mass is 361 g/mol. The van der Waals surface area contributed by atoms with E-state index in [2.05, 4.69) is 10.3 Å². The maximum atomic E-state index is 13.0. The van der Waals surface area contributed by atoms with Gasteiger partial charge >= 0.3 is 0 Å². The van der Waals surface area contributed by atoms with E-state index in [1.54, 1.807) is 21.6 Å². The molecule has 0 spiro atoms. The predicted octanol–water partition coefficient (Wildman–Crippen LogP) is 3.05. The van der Waals surface area contributed by atoms with Crippen molar-refractivity contribution >= 4 is 5.91 Å². The van der Waals surface area contributed by atoms with E-state index >= 15 is 0 Å². The number of carbonyl (C=O) groups excluding carboxylic acids is 1. The lowest BCUT2D eigenvalue weighted by Gasteiger charge is -2.17. The first-order valence-electron chi connectivity index (χ1n) is 9.50. The van der Waals surface area contributed by atoms with Crippen molar-refractivity contribution in [3.8, 4) is 0 Å². The molecule has 1 aromatic carbocycles. The fraction of sp³-hybridized carbons (Fsp3) is 0.333. The highest BCUT2D eigenvalue weighted by Gasteiger charge is 2.16. The number of hydrogen-bond donors (Lipinski definition) is 0. The molecule has 0 unspecified atom stereocenters. The third-order valence-corrected chi connectivity index (χ3v) is 4.89. The van der Waals surface area contributed by atoms with Gasteiger partial charge in [0.25, 0.3) is 5.91 Å². The zero-order valence-electron chi connectivity index (χ0n) is 15.2. The van der Waals surface area contributed by atoms with Crippen molar-refractivity contribution in [3.05, 3.63) is 77.7 Å². The van der Waals surface area contributed by atoms with Crippen LogP contribution in [-0.2, 0) is 6.54 Å². The van der Waals surface area contributed by atoms with Crippen molar-refractivity contribution in [2.45, 2.75) is 44.7 Å². The van der Waals surface area contributed by atoms with E-state index in [9.17, 15) is 4.79 Å². The van der Waals surface area contributed by atoms with Gasteiger partial charge in [-0.25, -0.2) is 4.68 Å². The van der Waals surface area contributed by atoms with Crippen LogP contribution in [0.15, 0.2) is 65.9 Å². The van der Waals surface area contributed by atoms with Gasteiger partial charge in [0.1, 0.15) is 5.49 Å². The summed E-state index contributed by atoms with van der Waals surface area (Å²) in [5, 5.41) is 8.18. The Kier molecular flexibility index (Phi) is 5.23. The molecule has 0 radical (unpaired) electrons. The molecular weight excluding hydrogens is 338 g/mol. The standard InChI is InChI=1S/C21H23N5O/c27-21(19-16-25(24-23-19)15-17-9-3-1-4-10-17)26-14-8-7-13-20(26)22-18-11-5-2-6-12-18/h1,3-4,7-10,13-14,16,18H,2,5-6,11-12,15H2. The molecule has 4 rings (SSSR count). The number of hydrogen-bond acceptors (Lipinski definition) is 4. The summed E-state index contributed by atoms with van der Waals surface area (Å²) < 4.78 is 3.26. The Hall–Kier alpha value is -3.02. The van der Waals surface area contributed by atoms with Gasteiger partial charge < -0.3 is 0 Å². The van der Waals surface area contributed by atoms with Gasteiger partial charge in [-0.15, -0.1) is 5.10 Å². The van der Waals surface area contributed by atoms with E-state index in [4.69, 9.17) is 4.99 Å². The zero-order valence-corrected chi connectivity index (χ0v) is 15.2. The largest absolute Gasteiger partial charge is 0.285 e. The topological polar surface area (TPSA) is 65.1 Å². The Morgan fingerprint density at radius 2 is 1.81 bits per heavy atom. The quantitative estimate of drug-likeness (QED) is 0.717. The second kappa shape index (κ2) is 8.12. The molecule has 0 bridgehead atoms. The van der Waals surface area contributed by atoms with Crippen LogP contribution < -0.4 is 5.49 Å². The highest BCUT2D eigenvalue weighted by atomic mass is 16.2. The molecule has 0 aliphatic heterocycles. The van der Waals surface area contributed by atoms with Crippen molar-refractivity contribution < 1.29 is 4.79 Å². The molecule has 1 aliphatic rings. The van der Waals surface area contributed by atoms with E-state index < -0.39 is 0 Å². The SMILES string of the molecule is O=C(c1cn(Cc2ccccc2)nn1)n1ccccc1=NC1CCCCC1. The summed E-state index contributed by atoms with van der Waals surface area (Å²) in [5.41, 5.74) is 2.12.